The van der Waals surface area contributed by atoms with Gasteiger partial charge in [-0.15, -0.1) is 0 Å². The maximum Gasteiger partial charge on any atom is 0.447 e. The Labute approximate surface area is 200 Å². The second-order valence-corrected chi connectivity index (χ2v) is 12.9. The average molecular weight is 547 g/mol. The van der Waals surface area contributed by atoms with Gasteiger partial charge in [0.2, 0.25) is 10.1 Å². The van der Waals surface area contributed by atoms with Crippen molar-refractivity contribution in [2.24, 2.45) is 10.3 Å². The molecule has 2 amide bonds. The molecule has 0 radical (unpaired) electrons. The molecule has 33 heavy (non-hydrogen) atoms. The van der Waals surface area contributed by atoms with Crippen molar-refractivity contribution in [3.63, 3.8) is 0 Å². The van der Waals surface area contributed by atoms with Crippen LogP contribution in [0.15, 0.2) is 10.3 Å². The summed E-state index contributed by atoms with van der Waals surface area (Å²) in [6.07, 6.45) is -12.5. The first-order valence-corrected chi connectivity index (χ1v) is 11.1. The molecule has 17 heteroatoms. The minimum atomic E-state index is -4.87. The van der Waals surface area contributed by atoms with Gasteiger partial charge in [-0.1, -0.05) is 75.4 Å². The molecule has 0 spiro atoms. The predicted octanol–water partition coefficient (Wildman–Crippen LogP) is 6.50. The number of carbonyl (C=O) groups excluding carboxylic acids is 2. The van der Waals surface area contributed by atoms with Gasteiger partial charge in [-0.05, 0) is 0 Å². The van der Waals surface area contributed by atoms with Crippen LogP contribution >= 0.6 is 35.7 Å². The van der Waals surface area contributed by atoms with Crippen molar-refractivity contribution < 1.29 is 45.6 Å². The fourth-order valence-corrected chi connectivity index (χ4v) is 3.47. The summed E-state index contributed by atoms with van der Waals surface area (Å²) < 4.78 is 77.5. The van der Waals surface area contributed by atoms with Gasteiger partial charge in [0.15, 0.2) is 0 Å². The van der Waals surface area contributed by atoms with E-state index in [2.05, 4.69) is 20.0 Å². The van der Waals surface area contributed by atoms with E-state index in [1.807, 2.05) is 0 Å². The fourth-order valence-electron chi connectivity index (χ4n) is 1.36. The molecule has 0 fully saturated rings. The van der Waals surface area contributed by atoms with E-state index in [4.69, 9.17) is 0 Å². The summed E-state index contributed by atoms with van der Waals surface area (Å²) in [6, 6.07) is 0. The molecule has 0 aliphatic rings. The van der Waals surface area contributed by atoms with E-state index in [9.17, 15) is 35.9 Å². The number of amides is 2. The van der Waals surface area contributed by atoms with Gasteiger partial charge < -0.3 is 0 Å². The summed E-state index contributed by atoms with van der Waals surface area (Å²) in [5.41, 5.74) is 0. The van der Waals surface area contributed by atoms with Crippen LogP contribution in [0, 0.1) is 0 Å². The van der Waals surface area contributed by atoms with Crippen LogP contribution in [0.3, 0.4) is 0 Å². The highest BCUT2D eigenvalue weighted by molar-refractivity contribution is 8.15. The summed E-state index contributed by atoms with van der Waals surface area (Å²) >= 11 is 0.914. The van der Waals surface area contributed by atoms with Gasteiger partial charge >= 0.3 is 24.5 Å². The number of hydrogen-bond donors (Lipinski definition) is 0. The first-order chi connectivity index (χ1) is 14.5. The van der Waals surface area contributed by atoms with E-state index < -0.39 is 44.1 Å². The van der Waals surface area contributed by atoms with Crippen LogP contribution in [-0.2, 0) is 9.68 Å². The summed E-state index contributed by atoms with van der Waals surface area (Å²) in [4.78, 5) is 32.3. The molecule has 0 bridgehead atoms. The van der Waals surface area contributed by atoms with Crippen LogP contribution in [0.5, 0.6) is 0 Å². The number of halogens is 6. The minimum Gasteiger partial charge on any atom is -0.296 e. The van der Waals surface area contributed by atoms with E-state index in [1.165, 1.54) is 41.5 Å². The van der Waals surface area contributed by atoms with E-state index in [0.717, 1.165) is 14.1 Å². The quantitative estimate of drug-likeness (QED) is 0.0994. The van der Waals surface area contributed by atoms with Crippen molar-refractivity contribution in [3.05, 3.63) is 0 Å². The number of carbonyl (C=O) groups is 2. The van der Waals surface area contributed by atoms with Gasteiger partial charge in [0.05, 0.1) is 12.1 Å². The Morgan fingerprint density at radius 1 is 0.667 bits per heavy atom. The van der Waals surface area contributed by atoms with Gasteiger partial charge in [0, 0.05) is 23.6 Å². The van der Waals surface area contributed by atoms with Crippen LogP contribution < -0.4 is 0 Å². The van der Waals surface area contributed by atoms with Crippen molar-refractivity contribution in [1.82, 2.24) is 8.61 Å². The predicted molar refractivity (Wildman–Crippen MR) is 118 cm³/mol. The normalized spacial score (nSPS) is 14.1. The molecule has 192 valence electrons. The molecule has 0 atom stereocenters. The molecule has 0 unspecified atom stereocenters. The smallest absolute Gasteiger partial charge is 0.296 e. The Morgan fingerprint density at radius 2 is 0.939 bits per heavy atom. The third-order valence-corrected chi connectivity index (χ3v) is 5.47. The van der Waals surface area contributed by atoms with Crippen molar-refractivity contribution in [2.75, 3.05) is 14.1 Å². The average Bonchev–Trinajstić information content (AvgIpc) is 2.57. The van der Waals surface area contributed by atoms with Crippen LogP contribution in [0.25, 0.3) is 0 Å². The highest BCUT2D eigenvalue weighted by Gasteiger charge is 2.41. The molecule has 0 N–H and O–H groups in total. The summed E-state index contributed by atoms with van der Waals surface area (Å²) in [6.45, 7) is 8.98. The summed E-state index contributed by atoms with van der Waals surface area (Å²) in [7, 11) is 2.05. The van der Waals surface area contributed by atoms with Crippen LogP contribution in [0.2, 0.25) is 0 Å². The van der Waals surface area contributed by atoms with Crippen molar-refractivity contribution >= 4 is 57.9 Å². The number of alkyl halides is 6. The van der Waals surface area contributed by atoms with Crippen LogP contribution in [-0.4, -0.2) is 66.8 Å². The monoisotopic (exact) mass is 546 g/mol. The lowest BCUT2D eigenvalue weighted by molar-refractivity contribution is -0.0586. The van der Waals surface area contributed by atoms with Gasteiger partial charge in [-0.2, -0.15) is 26.3 Å². The molecule has 8 nitrogen and oxygen atoms in total. The third kappa shape index (κ3) is 13.7. The Balaban J connectivity index is 5.16. The molecule has 0 aromatic rings. The standard InChI is InChI=1S/C16H24F6N4O4S3/c1-13(2,3)31-9(15(17,18)19)23-29-11(27)25(7)33-26(8)12(28)30-24-10(16(20,21)22)32-14(4,5)6/h1-8H3. The lowest BCUT2D eigenvalue weighted by Crippen LogP contribution is -2.30. The van der Waals surface area contributed by atoms with Crippen LogP contribution in [0.1, 0.15) is 41.5 Å². The lowest BCUT2D eigenvalue weighted by atomic mass is 10.3. The van der Waals surface area contributed by atoms with Crippen molar-refractivity contribution in [2.45, 2.75) is 63.4 Å². The van der Waals surface area contributed by atoms with E-state index in [0.29, 0.717) is 32.1 Å². The van der Waals surface area contributed by atoms with E-state index in [1.54, 1.807) is 0 Å². The molecular weight excluding hydrogens is 522 g/mol. The fraction of sp³-hybridized carbons (Fsp3) is 0.750. The maximum absolute atomic E-state index is 13.0. The number of nitrogens with zero attached hydrogens (tertiary/aromatic N) is 4. The van der Waals surface area contributed by atoms with Crippen molar-refractivity contribution in [1.29, 1.82) is 0 Å². The first kappa shape index (κ1) is 31.5. The molecule has 0 aromatic heterocycles. The number of hydrogen-bond acceptors (Lipinski definition) is 9. The molecular formula is C16H24F6N4O4S3. The molecule has 0 heterocycles. The van der Waals surface area contributed by atoms with Gasteiger partial charge in [-0.25, -0.2) is 18.2 Å². The zero-order valence-electron chi connectivity index (χ0n) is 18.9. The van der Waals surface area contributed by atoms with Crippen LogP contribution in [0.4, 0.5) is 35.9 Å². The molecule has 0 saturated carbocycles. The zero-order valence-corrected chi connectivity index (χ0v) is 21.4. The Kier molecular flexibility index (Phi) is 11.2. The van der Waals surface area contributed by atoms with E-state index in [-0.39, 0.29) is 12.1 Å². The summed E-state index contributed by atoms with van der Waals surface area (Å²) in [5, 5.41) is 2.87. The zero-order chi connectivity index (χ0) is 26.4. The minimum absolute atomic E-state index is 0.263. The highest BCUT2D eigenvalue weighted by atomic mass is 32.2. The SMILES string of the molecule is CN(SN(C)C(=O)ON=C(SC(C)(C)C)C(F)(F)F)C(=O)ON=C(SC(C)(C)C)C(F)(F)F. The Bertz CT molecular complexity index is 699. The number of rotatable bonds is 4. The second-order valence-electron chi connectivity index (χ2n) is 8.01. The number of thioether (sulfide) groups is 2. The Hall–Kier alpha value is -1.49. The molecule has 0 aromatic carbocycles. The maximum atomic E-state index is 13.0. The molecule has 0 saturated heterocycles. The molecule has 0 aliphatic carbocycles. The molecule has 0 aliphatic heterocycles. The van der Waals surface area contributed by atoms with E-state index >= 15 is 0 Å². The van der Waals surface area contributed by atoms with Gasteiger partial charge in [0.25, 0.3) is 0 Å². The number of oxime groups is 2. The lowest BCUT2D eigenvalue weighted by Gasteiger charge is -2.21. The van der Waals surface area contributed by atoms with Crippen molar-refractivity contribution in [3.8, 4) is 0 Å². The largest absolute Gasteiger partial charge is 0.447 e. The third-order valence-electron chi connectivity index (χ3n) is 2.46. The Morgan fingerprint density at radius 3 is 1.15 bits per heavy atom. The highest BCUT2D eigenvalue weighted by Crippen LogP contribution is 2.35. The topological polar surface area (TPSA) is 83.8 Å². The second kappa shape index (κ2) is 11.8. The first-order valence-electron chi connectivity index (χ1n) is 8.79. The van der Waals surface area contributed by atoms with Gasteiger partial charge in [0.1, 0.15) is 0 Å². The molecule has 0 rings (SSSR count). The summed E-state index contributed by atoms with van der Waals surface area (Å²) in [5.74, 6) is 0. The van der Waals surface area contributed by atoms with Gasteiger partial charge in [-0.3, -0.25) is 9.68 Å².